The molecule has 0 amide bonds. The van der Waals surface area contributed by atoms with E-state index in [1.54, 1.807) is 13.2 Å². The second-order valence-electron chi connectivity index (χ2n) is 7.57. The zero-order valence-electron chi connectivity index (χ0n) is 15.5. The Morgan fingerprint density at radius 2 is 1.92 bits per heavy atom. The third-order valence-electron chi connectivity index (χ3n) is 5.85. The molecule has 0 aromatic heterocycles. The topological polar surface area (TPSA) is 35.9 Å². The third kappa shape index (κ3) is 3.71. The first-order chi connectivity index (χ1) is 12.7. The van der Waals surface area contributed by atoms with Crippen LogP contribution >= 0.6 is 0 Å². The van der Waals surface area contributed by atoms with E-state index in [-0.39, 0.29) is 5.75 Å². The Bertz CT molecular complexity index is 734. The minimum absolute atomic E-state index is 0.206. The molecule has 2 atom stereocenters. The van der Waals surface area contributed by atoms with Crippen LogP contribution in [0.15, 0.2) is 48.5 Å². The van der Waals surface area contributed by atoms with Gasteiger partial charge in [-0.1, -0.05) is 36.4 Å². The van der Waals surface area contributed by atoms with Crippen LogP contribution < -0.4 is 4.74 Å². The molecule has 0 bridgehead atoms. The first kappa shape index (κ1) is 17.4. The molecule has 26 heavy (non-hydrogen) atoms. The van der Waals surface area contributed by atoms with Gasteiger partial charge in [-0.3, -0.25) is 9.80 Å². The molecule has 2 aromatic rings. The standard InChI is InChI=1S/C22H28N2O2/c1-26-22-13-18(9-10-21(22)25)14-24-15-19-8-5-11-23(19)16-20(24)12-17-6-3-2-4-7-17/h2-4,6-7,9-10,13,19-20,25H,5,8,11-12,14-16H2,1H3/t19-,20+/m0/s1. The van der Waals surface area contributed by atoms with Crippen LogP contribution in [0.1, 0.15) is 24.0 Å². The van der Waals surface area contributed by atoms with E-state index in [0.717, 1.165) is 26.1 Å². The van der Waals surface area contributed by atoms with E-state index in [4.69, 9.17) is 4.74 Å². The molecule has 4 rings (SSSR count). The Morgan fingerprint density at radius 3 is 2.73 bits per heavy atom. The molecule has 2 heterocycles. The van der Waals surface area contributed by atoms with Crippen molar-refractivity contribution in [1.29, 1.82) is 0 Å². The lowest BCUT2D eigenvalue weighted by Gasteiger charge is -2.44. The quantitative estimate of drug-likeness (QED) is 0.896. The maximum Gasteiger partial charge on any atom is 0.160 e. The number of rotatable bonds is 5. The molecule has 1 N–H and O–H groups in total. The number of hydrogen-bond donors (Lipinski definition) is 1. The Balaban J connectivity index is 1.54. The zero-order valence-corrected chi connectivity index (χ0v) is 15.5. The molecule has 2 aliphatic rings. The van der Waals surface area contributed by atoms with Crippen LogP contribution in [0.3, 0.4) is 0 Å². The number of phenolic OH excluding ortho intramolecular Hbond substituents is 1. The van der Waals surface area contributed by atoms with Crippen LogP contribution in [0, 0.1) is 0 Å². The lowest BCUT2D eigenvalue weighted by Crippen LogP contribution is -2.56. The van der Waals surface area contributed by atoms with Gasteiger partial charge in [-0.2, -0.15) is 0 Å². The van der Waals surface area contributed by atoms with E-state index in [1.807, 2.05) is 12.1 Å². The predicted octanol–water partition coefficient (Wildman–Crippen LogP) is 3.29. The van der Waals surface area contributed by atoms with E-state index >= 15 is 0 Å². The van der Waals surface area contributed by atoms with Crippen molar-refractivity contribution in [1.82, 2.24) is 9.80 Å². The molecule has 4 heteroatoms. The van der Waals surface area contributed by atoms with Gasteiger partial charge < -0.3 is 9.84 Å². The highest BCUT2D eigenvalue weighted by atomic mass is 16.5. The molecule has 2 saturated heterocycles. The molecular formula is C22H28N2O2. The van der Waals surface area contributed by atoms with Crippen LogP contribution in [0.2, 0.25) is 0 Å². The number of benzene rings is 2. The number of ether oxygens (including phenoxy) is 1. The zero-order chi connectivity index (χ0) is 17.9. The number of fused-ring (bicyclic) bond motifs is 1. The Hall–Kier alpha value is -2.04. The minimum atomic E-state index is 0.206. The summed E-state index contributed by atoms with van der Waals surface area (Å²) >= 11 is 0. The highest BCUT2D eigenvalue weighted by Gasteiger charge is 2.36. The van der Waals surface area contributed by atoms with Crippen molar-refractivity contribution in [2.24, 2.45) is 0 Å². The van der Waals surface area contributed by atoms with Crippen molar-refractivity contribution in [2.75, 3.05) is 26.7 Å². The fourth-order valence-corrected chi connectivity index (χ4v) is 4.48. The van der Waals surface area contributed by atoms with Crippen LogP contribution in [-0.2, 0) is 13.0 Å². The second-order valence-corrected chi connectivity index (χ2v) is 7.57. The van der Waals surface area contributed by atoms with E-state index in [9.17, 15) is 5.11 Å². The Kier molecular flexibility index (Phi) is 5.14. The Morgan fingerprint density at radius 1 is 1.08 bits per heavy atom. The van der Waals surface area contributed by atoms with Gasteiger partial charge in [0.2, 0.25) is 0 Å². The molecule has 0 radical (unpaired) electrons. The maximum absolute atomic E-state index is 9.87. The van der Waals surface area contributed by atoms with Gasteiger partial charge in [0.25, 0.3) is 0 Å². The second kappa shape index (κ2) is 7.68. The summed E-state index contributed by atoms with van der Waals surface area (Å²) in [6.45, 7) is 4.42. The summed E-state index contributed by atoms with van der Waals surface area (Å²) in [5, 5.41) is 9.87. The average Bonchev–Trinajstić information content (AvgIpc) is 3.11. The van der Waals surface area contributed by atoms with E-state index in [2.05, 4.69) is 40.1 Å². The molecule has 138 valence electrons. The summed E-state index contributed by atoms with van der Waals surface area (Å²) in [7, 11) is 1.61. The molecular weight excluding hydrogens is 324 g/mol. The van der Waals surface area contributed by atoms with Gasteiger partial charge in [0.1, 0.15) is 0 Å². The number of piperazine rings is 1. The molecule has 2 fully saturated rings. The van der Waals surface area contributed by atoms with E-state index < -0.39 is 0 Å². The van der Waals surface area contributed by atoms with Crippen molar-refractivity contribution in [3.8, 4) is 11.5 Å². The van der Waals surface area contributed by atoms with Crippen molar-refractivity contribution < 1.29 is 9.84 Å². The van der Waals surface area contributed by atoms with Gasteiger partial charge >= 0.3 is 0 Å². The van der Waals surface area contributed by atoms with Gasteiger partial charge in [0.15, 0.2) is 11.5 Å². The molecule has 0 unspecified atom stereocenters. The highest BCUT2D eigenvalue weighted by molar-refractivity contribution is 5.41. The number of aromatic hydroxyl groups is 1. The first-order valence-corrected chi connectivity index (χ1v) is 9.61. The van der Waals surface area contributed by atoms with E-state index in [1.165, 1.54) is 30.5 Å². The highest BCUT2D eigenvalue weighted by Crippen LogP contribution is 2.30. The monoisotopic (exact) mass is 352 g/mol. The molecule has 2 aromatic carbocycles. The van der Waals surface area contributed by atoms with Gasteiger partial charge in [-0.05, 0) is 49.1 Å². The molecule has 0 saturated carbocycles. The summed E-state index contributed by atoms with van der Waals surface area (Å²) in [5.41, 5.74) is 2.60. The average molecular weight is 352 g/mol. The smallest absolute Gasteiger partial charge is 0.160 e. The van der Waals surface area contributed by atoms with E-state index in [0.29, 0.717) is 17.8 Å². The molecule has 4 nitrogen and oxygen atoms in total. The van der Waals surface area contributed by atoms with Gasteiger partial charge in [-0.15, -0.1) is 0 Å². The first-order valence-electron chi connectivity index (χ1n) is 9.61. The fourth-order valence-electron chi connectivity index (χ4n) is 4.48. The Labute approximate surface area is 156 Å². The van der Waals surface area contributed by atoms with Crippen molar-refractivity contribution in [2.45, 2.75) is 37.9 Å². The van der Waals surface area contributed by atoms with Gasteiger partial charge in [0.05, 0.1) is 7.11 Å². The van der Waals surface area contributed by atoms with Gasteiger partial charge in [0, 0.05) is 31.7 Å². The number of methoxy groups -OCH3 is 1. The van der Waals surface area contributed by atoms with Gasteiger partial charge in [-0.25, -0.2) is 0 Å². The number of phenols is 1. The van der Waals surface area contributed by atoms with Crippen LogP contribution in [0.25, 0.3) is 0 Å². The summed E-state index contributed by atoms with van der Waals surface area (Å²) < 4.78 is 5.29. The molecule has 2 aliphatic heterocycles. The summed E-state index contributed by atoms with van der Waals surface area (Å²) in [4.78, 5) is 5.31. The molecule has 0 spiro atoms. The minimum Gasteiger partial charge on any atom is -0.504 e. The van der Waals surface area contributed by atoms with Crippen molar-refractivity contribution in [3.63, 3.8) is 0 Å². The SMILES string of the molecule is COc1cc(CN2C[C@@H]3CCCN3C[C@H]2Cc2ccccc2)ccc1O. The number of hydrogen-bond acceptors (Lipinski definition) is 4. The van der Waals surface area contributed by atoms with Crippen molar-refractivity contribution in [3.05, 3.63) is 59.7 Å². The predicted molar refractivity (Wildman–Crippen MR) is 104 cm³/mol. The summed E-state index contributed by atoms with van der Waals surface area (Å²) in [6.07, 6.45) is 3.72. The number of nitrogens with zero attached hydrogens (tertiary/aromatic N) is 2. The largest absolute Gasteiger partial charge is 0.504 e. The lowest BCUT2D eigenvalue weighted by atomic mass is 9.99. The normalized spacial score (nSPS) is 23.7. The molecule has 0 aliphatic carbocycles. The fraction of sp³-hybridized carbons (Fsp3) is 0.455. The third-order valence-corrected chi connectivity index (χ3v) is 5.85. The van der Waals surface area contributed by atoms with Crippen LogP contribution in [0.5, 0.6) is 11.5 Å². The lowest BCUT2D eigenvalue weighted by molar-refractivity contribution is 0.0455. The summed E-state index contributed by atoms with van der Waals surface area (Å²) in [6, 6.07) is 17.8. The van der Waals surface area contributed by atoms with Crippen LogP contribution in [0.4, 0.5) is 0 Å². The summed E-state index contributed by atoms with van der Waals surface area (Å²) in [5.74, 6) is 0.763. The van der Waals surface area contributed by atoms with Crippen LogP contribution in [-0.4, -0.2) is 53.7 Å². The van der Waals surface area contributed by atoms with Crippen molar-refractivity contribution >= 4 is 0 Å². The maximum atomic E-state index is 9.87.